The lowest BCUT2D eigenvalue weighted by Gasteiger charge is -2.42. The zero-order valence-corrected chi connectivity index (χ0v) is 12.6. The van der Waals surface area contributed by atoms with Crippen LogP contribution in [0.5, 0.6) is 0 Å². The summed E-state index contributed by atoms with van der Waals surface area (Å²) in [5.41, 5.74) is 6.59. The van der Waals surface area contributed by atoms with Crippen molar-refractivity contribution < 1.29 is 0 Å². The SMILES string of the molecule is CC(C)CN(CC1(CN)CCC(C)CC1)C1CC1. The van der Waals surface area contributed by atoms with Crippen molar-refractivity contribution >= 4 is 0 Å². The van der Waals surface area contributed by atoms with Crippen molar-refractivity contribution in [2.75, 3.05) is 19.6 Å². The third-order valence-electron chi connectivity index (χ3n) is 4.97. The second-order valence-corrected chi connectivity index (χ2v) is 7.44. The Morgan fingerprint density at radius 1 is 1.17 bits per heavy atom. The Hall–Kier alpha value is -0.0800. The number of hydrogen-bond donors (Lipinski definition) is 1. The van der Waals surface area contributed by atoms with Crippen LogP contribution in [-0.4, -0.2) is 30.6 Å². The van der Waals surface area contributed by atoms with Gasteiger partial charge in [0, 0.05) is 19.1 Å². The predicted molar refractivity (Wildman–Crippen MR) is 78.6 cm³/mol. The average molecular weight is 252 g/mol. The fourth-order valence-corrected chi connectivity index (χ4v) is 3.48. The van der Waals surface area contributed by atoms with Crippen molar-refractivity contribution in [3.05, 3.63) is 0 Å². The van der Waals surface area contributed by atoms with E-state index in [4.69, 9.17) is 5.73 Å². The molecule has 106 valence electrons. The van der Waals surface area contributed by atoms with Gasteiger partial charge in [0.15, 0.2) is 0 Å². The van der Waals surface area contributed by atoms with E-state index in [0.29, 0.717) is 5.41 Å². The average Bonchev–Trinajstić information content (AvgIpc) is 3.15. The number of nitrogens with zero attached hydrogens (tertiary/aromatic N) is 1. The van der Waals surface area contributed by atoms with Crippen LogP contribution >= 0.6 is 0 Å². The fraction of sp³-hybridized carbons (Fsp3) is 1.00. The quantitative estimate of drug-likeness (QED) is 0.786. The van der Waals surface area contributed by atoms with Gasteiger partial charge in [-0.1, -0.05) is 33.6 Å². The summed E-state index contributed by atoms with van der Waals surface area (Å²) < 4.78 is 0. The van der Waals surface area contributed by atoms with Gasteiger partial charge in [-0.05, 0) is 49.5 Å². The molecule has 0 bridgehead atoms. The molecule has 0 aliphatic heterocycles. The van der Waals surface area contributed by atoms with Crippen LogP contribution in [0.15, 0.2) is 0 Å². The predicted octanol–water partition coefficient (Wildman–Crippen LogP) is 3.26. The van der Waals surface area contributed by atoms with E-state index in [-0.39, 0.29) is 0 Å². The van der Waals surface area contributed by atoms with E-state index in [1.165, 1.54) is 51.6 Å². The molecule has 0 amide bonds. The summed E-state index contributed by atoms with van der Waals surface area (Å²) in [7, 11) is 0. The smallest absolute Gasteiger partial charge is 0.00967 e. The molecule has 2 heteroatoms. The van der Waals surface area contributed by atoms with E-state index >= 15 is 0 Å². The van der Waals surface area contributed by atoms with Gasteiger partial charge in [-0.15, -0.1) is 0 Å². The Morgan fingerprint density at radius 3 is 2.22 bits per heavy atom. The van der Waals surface area contributed by atoms with Gasteiger partial charge in [-0.3, -0.25) is 4.90 Å². The van der Waals surface area contributed by atoms with Crippen molar-refractivity contribution in [3.63, 3.8) is 0 Å². The van der Waals surface area contributed by atoms with Crippen molar-refractivity contribution in [1.82, 2.24) is 4.90 Å². The lowest BCUT2D eigenvalue weighted by molar-refractivity contribution is 0.0834. The largest absolute Gasteiger partial charge is 0.330 e. The number of rotatable bonds is 6. The van der Waals surface area contributed by atoms with Crippen molar-refractivity contribution in [2.24, 2.45) is 23.0 Å². The van der Waals surface area contributed by atoms with Crippen LogP contribution in [0.2, 0.25) is 0 Å². The molecule has 0 unspecified atom stereocenters. The van der Waals surface area contributed by atoms with E-state index in [1.807, 2.05) is 0 Å². The highest BCUT2D eigenvalue weighted by molar-refractivity contribution is 4.93. The molecule has 2 nitrogen and oxygen atoms in total. The van der Waals surface area contributed by atoms with E-state index in [1.54, 1.807) is 0 Å². The summed E-state index contributed by atoms with van der Waals surface area (Å²) >= 11 is 0. The molecule has 0 heterocycles. The minimum Gasteiger partial charge on any atom is -0.330 e. The van der Waals surface area contributed by atoms with Gasteiger partial charge < -0.3 is 5.73 Å². The molecule has 2 aliphatic rings. The zero-order valence-electron chi connectivity index (χ0n) is 12.6. The van der Waals surface area contributed by atoms with Gasteiger partial charge in [-0.2, -0.15) is 0 Å². The minimum absolute atomic E-state index is 0.435. The number of hydrogen-bond acceptors (Lipinski definition) is 2. The molecule has 2 aliphatic carbocycles. The first-order valence-corrected chi connectivity index (χ1v) is 7.99. The van der Waals surface area contributed by atoms with E-state index in [9.17, 15) is 0 Å². The van der Waals surface area contributed by atoms with Crippen LogP contribution < -0.4 is 5.73 Å². The fourth-order valence-electron chi connectivity index (χ4n) is 3.48. The van der Waals surface area contributed by atoms with Crippen molar-refractivity contribution in [3.8, 4) is 0 Å². The monoisotopic (exact) mass is 252 g/mol. The first-order chi connectivity index (χ1) is 8.54. The maximum Gasteiger partial charge on any atom is 0.00967 e. The van der Waals surface area contributed by atoms with E-state index < -0.39 is 0 Å². The summed E-state index contributed by atoms with van der Waals surface area (Å²) in [6.45, 7) is 10.5. The first kappa shape index (κ1) is 14.3. The summed E-state index contributed by atoms with van der Waals surface area (Å²) in [5, 5.41) is 0. The molecule has 2 fully saturated rings. The second kappa shape index (κ2) is 5.92. The van der Waals surface area contributed by atoms with E-state index in [0.717, 1.165) is 24.4 Å². The summed E-state index contributed by atoms with van der Waals surface area (Å²) in [5.74, 6) is 1.70. The normalized spacial score (nSPS) is 33.3. The molecule has 0 aromatic rings. The van der Waals surface area contributed by atoms with Gasteiger partial charge in [0.05, 0.1) is 0 Å². The van der Waals surface area contributed by atoms with Gasteiger partial charge >= 0.3 is 0 Å². The third kappa shape index (κ3) is 3.71. The van der Waals surface area contributed by atoms with Crippen LogP contribution in [0.3, 0.4) is 0 Å². The summed E-state index contributed by atoms with van der Waals surface area (Å²) in [6.07, 6.45) is 8.32. The Bertz CT molecular complexity index is 250. The molecule has 0 aromatic heterocycles. The highest BCUT2D eigenvalue weighted by Crippen LogP contribution is 2.41. The highest BCUT2D eigenvalue weighted by atomic mass is 15.2. The van der Waals surface area contributed by atoms with Crippen LogP contribution in [0.1, 0.15) is 59.3 Å². The Labute approximate surface area is 113 Å². The molecule has 2 N–H and O–H groups in total. The third-order valence-corrected chi connectivity index (χ3v) is 4.97. The number of nitrogens with two attached hydrogens (primary N) is 1. The molecule has 0 aromatic carbocycles. The Balaban J connectivity index is 1.94. The lowest BCUT2D eigenvalue weighted by atomic mass is 9.70. The summed E-state index contributed by atoms with van der Waals surface area (Å²) in [4.78, 5) is 2.76. The standard InChI is InChI=1S/C16H32N2/c1-13(2)10-18(15-4-5-15)12-16(11-17)8-6-14(3)7-9-16/h13-15H,4-12,17H2,1-3H3. The maximum atomic E-state index is 6.16. The molecule has 0 atom stereocenters. The van der Waals surface area contributed by atoms with Crippen LogP contribution in [-0.2, 0) is 0 Å². The molecule has 0 radical (unpaired) electrons. The second-order valence-electron chi connectivity index (χ2n) is 7.44. The molecule has 2 saturated carbocycles. The topological polar surface area (TPSA) is 29.3 Å². The summed E-state index contributed by atoms with van der Waals surface area (Å²) in [6, 6.07) is 0.884. The lowest BCUT2D eigenvalue weighted by Crippen LogP contribution is -2.46. The maximum absolute atomic E-state index is 6.16. The highest BCUT2D eigenvalue weighted by Gasteiger charge is 2.38. The Kier molecular flexibility index (Phi) is 4.71. The molecule has 18 heavy (non-hydrogen) atoms. The van der Waals surface area contributed by atoms with E-state index in [2.05, 4.69) is 25.7 Å². The van der Waals surface area contributed by atoms with Gasteiger partial charge in [0.1, 0.15) is 0 Å². The first-order valence-electron chi connectivity index (χ1n) is 7.99. The molecule has 0 saturated heterocycles. The Morgan fingerprint density at radius 2 is 1.78 bits per heavy atom. The van der Waals surface area contributed by atoms with Crippen LogP contribution in [0.25, 0.3) is 0 Å². The molecule has 2 rings (SSSR count). The van der Waals surface area contributed by atoms with Gasteiger partial charge in [0.2, 0.25) is 0 Å². The van der Waals surface area contributed by atoms with Gasteiger partial charge in [-0.25, -0.2) is 0 Å². The van der Waals surface area contributed by atoms with Crippen molar-refractivity contribution in [1.29, 1.82) is 0 Å². The molecular weight excluding hydrogens is 220 g/mol. The van der Waals surface area contributed by atoms with Crippen LogP contribution in [0, 0.1) is 17.3 Å². The molecular formula is C16H32N2. The minimum atomic E-state index is 0.435. The zero-order chi connectivity index (χ0) is 13.2. The van der Waals surface area contributed by atoms with Gasteiger partial charge in [0.25, 0.3) is 0 Å². The van der Waals surface area contributed by atoms with Crippen molar-refractivity contribution in [2.45, 2.75) is 65.3 Å². The molecule has 0 spiro atoms. The van der Waals surface area contributed by atoms with Crippen LogP contribution in [0.4, 0.5) is 0 Å².